The fraction of sp³-hybridized carbons (Fsp3) is 0.400. The van der Waals surface area contributed by atoms with Crippen molar-refractivity contribution < 1.29 is 14.3 Å². The molecule has 1 saturated carbocycles. The Morgan fingerprint density at radius 1 is 1.05 bits per heavy atom. The van der Waals surface area contributed by atoms with Gasteiger partial charge in [-0.3, -0.25) is 4.79 Å². The molecule has 3 atom stereocenters. The molecule has 3 rings (SSSR count). The molecule has 0 N–H and O–H groups in total. The molecular weight excluding hydrogens is 299 g/mol. The van der Waals surface area contributed by atoms with Crippen molar-refractivity contribution >= 4 is 29.0 Å². The molecule has 0 aliphatic heterocycles. The molecule has 5 heteroatoms. The second-order valence-electron chi connectivity index (χ2n) is 5.03. The number of methoxy groups -OCH3 is 2. The number of carbonyl (C=O) groups excluding carboxylic acids is 1. The smallest absolute Gasteiger partial charge is 0.191 e. The summed E-state index contributed by atoms with van der Waals surface area (Å²) >= 11 is 12.6. The molecule has 106 valence electrons. The maximum atomic E-state index is 12.7. The summed E-state index contributed by atoms with van der Waals surface area (Å²) in [4.78, 5) is 12.7. The number of halogens is 2. The Balaban J connectivity index is 2.15. The van der Waals surface area contributed by atoms with Gasteiger partial charge in [0, 0.05) is 24.3 Å². The van der Waals surface area contributed by atoms with Crippen LogP contribution in [-0.4, -0.2) is 25.8 Å². The zero-order chi connectivity index (χ0) is 14.5. The lowest BCUT2D eigenvalue weighted by atomic mass is 9.85. The summed E-state index contributed by atoms with van der Waals surface area (Å²) in [5, 5.41) is 0.811. The zero-order valence-corrected chi connectivity index (χ0v) is 12.6. The van der Waals surface area contributed by atoms with Crippen LogP contribution in [0.1, 0.15) is 11.5 Å². The quantitative estimate of drug-likeness (QED) is 0.804. The highest BCUT2D eigenvalue weighted by Gasteiger charge is 2.69. The molecule has 0 aromatic heterocycles. The van der Waals surface area contributed by atoms with E-state index in [-0.39, 0.29) is 11.7 Å². The lowest BCUT2D eigenvalue weighted by Gasteiger charge is -2.31. The van der Waals surface area contributed by atoms with Gasteiger partial charge in [0.2, 0.25) is 0 Å². The minimum Gasteiger partial charge on any atom is -0.351 e. The highest BCUT2D eigenvalue weighted by atomic mass is 35.5. The Kier molecular flexibility index (Phi) is 3.41. The van der Waals surface area contributed by atoms with Gasteiger partial charge in [-0.05, 0) is 5.56 Å². The molecule has 2 aliphatic rings. The Morgan fingerprint density at radius 2 is 1.65 bits per heavy atom. The maximum absolute atomic E-state index is 12.7. The Morgan fingerprint density at radius 3 is 2.15 bits per heavy atom. The molecule has 0 heterocycles. The third kappa shape index (κ3) is 1.58. The number of fused-ring (bicyclic) bond motifs is 2. The second-order valence-corrected chi connectivity index (χ2v) is 5.84. The van der Waals surface area contributed by atoms with Crippen molar-refractivity contribution in [3.05, 3.63) is 46.0 Å². The van der Waals surface area contributed by atoms with E-state index in [9.17, 15) is 4.79 Å². The van der Waals surface area contributed by atoms with Crippen molar-refractivity contribution in [3.8, 4) is 0 Å². The number of rotatable bonds is 3. The van der Waals surface area contributed by atoms with Crippen LogP contribution < -0.4 is 0 Å². The van der Waals surface area contributed by atoms with Crippen molar-refractivity contribution in [3.63, 3.8) is 0 Å². The van der Waals surface area contributed by atoms with E-state index in [0.29, 0.717) is 10.1 Å². The van der Waals surface area contributed by atoms with Gasteiger partial charge in [0.25, 0.3) is 0 Å². The highest BCUT2D eigenvalue weighted by molar-refractivity contribution is 6.42. The van der Waals surface area contributed by atoms with Crippen molar-refractivity contribution in [1.82, 2.24) is 0 Å². The fourth-order valence-corrected chi connectivity index (χ4v) is 4.22. The molecule has 0 spiro atoms. The molecule has 20 heavy (non-hydrogen) atoms. The molecule has 2 aliphatic carbocycles. The number of benzene rings is 1. The summed E-state index contributed by atoms with van der Waals surface area (Å²) in [5.74, 6) is -2.52. The largest absolute Gasteiger partial charge is 0.351 e. The number of hydrogen-bond acceptors (Lipinski definition) is 3. The average Bonchev–Trinajstić information content (AvgIpc) is 2.86. The molecule has 0 radical (unpaired) electrons. The second kappa shape index (κ2) is 4.85. The molecule has 2 bridgehead atoms. The molecule has 3 nitrogen and oxygen atoms in total. The number of carbonyl (C=O) groups is 1. The summed E-state index contributed by atoms with van der Waals surface area (Å²) in [5.41, 5.74) is 0.908. The van der Waals surface area contributed by atoms with Gasteiger partial charge in [0.05, 0.1) is 11.8 Å². The van der Waals surface area contributed by atoms with E-state index in [1.54, 1.807) is 0 Å². The van der Waals surface area contributed by atoms with Gasteiger partial charge in [-0.2, -0.15) is 0 Å². The van der Waals surface area contributed by atoms with Gasteiger partial charge in [-0.25, -0.2) is 0 Å². The summed E-state index contributed by atoms with van der Waals surface area (Å²) in [6.45, 7) is 0. The van der Waals surface area contributed by atoms with Crippen molar-refractivity contribution in [2.24, 2.45) is 11.8 Å². The first-order valence-electron chi connectivity index (χ1n) is 6.32. The normalized spacial score (nSPS) is 31.2. The monoisotopic (exact) mass is 312 g/mol. The van der Waals surface area contributed by atoms with E-state index in [2.05, 4.69) is 0 Å². The minimum absolute atomic E-state index is 0.000648. The number of ketones is 1. The van der Waals surface area contributed by atoms with Crippen LogP contribution in [-0.2, 0) is 14.3 Å². The van der Waals surface area contributed by atoms with Gasteiger partial charge >= 0.3 is 0 Å². The summed E-state index contributed by atoms with van der Waals surface area (Å²) < 4.78 is 11.1. The molecule has 0 amide bonds. The van der Waals surface area contributed by atoms with Crippen LogP contribution in [0.2, 0.25) is 0 Å². The SMILES string of the molecule is COC1(OC)[C@@H]2C(=O)[C@@H](c3ccccc3)[C@H]1C(Cl)=C2Cl. The van der Waals surface area contributed by atoms with Gasteiger partial charge in [-0.15, -0.1) is 0 Å². The van der Waals surface area contributed by atoms with Gasteiger partial charge in [0.1, 0.15) is 5.92 Å². The number of hydrogen-bond donors (Lipinski definition) is 0. The summed E-state index contributed by atoms with van der Waals surface area (Å²) in [6, 6.07) is 9.53. The van der Waals surface area contributed by atoms with Crippen LogP contribution in [0.15, 0.2) is 40.4 Å². The Labute approximate surface area is 127 Å². The Hall–Kier alpha value is -0.870. The van der Waals surface area contributed by atoms with E-state index in [4.69, 9.17) is 32.7 Å². The highest BCUT2D eigenvalue weighted by Crippen LogP contribution is 2.62. The van der Waals surface area contributed by atoms with Crippen molar-refractivity contribution in [1.29, 1.82) is 0 Å². The summed E-state index contributed by atoms with van der Waals surface area (Å²) in [7, 11) is 3.04. The van der Waals surface area contributed by atoms with Crippen LogP contribution in [0.4, 0.5) is 0 Å². The van der Waals surface area contributed by atoms with E-state index in [1.807, 2.05) is 30.3 Å². The lowest BCUT2D eigenvalue weighted by Crippen LogP contribution is -2.41. The standard InChI is InChI=1S/C15H14Cl2O3/c1-19-15(20-2)10-9(8-6-4-3-5-7-8)14(18)11(15)13(17)12(10)16/h3-7,9-11H,1-2H3/t9-,10-,11-/m0/s1. The van der Waals surface area contributed by atoms with Crippen LogP contribution in [0.5, 0.6) is 0 Å². The molecule has 1 fully saturated rings. The molecule has 1 aromatic rings. The van der Waals surface area contributed by atoms with Crippen molar-refractivity contribution in [2.75, 3.05) is 14.2 Å². The van der Waals surface area contributed by atoms with Crippen LogP contribution in [0.3, 0.4) is 0 Å². The van der Waals surface area contributed by atoms with E-state index in [1.165, 1.54) is 14.2 Å². The third-order valence-electron chi connectivity index (χ3n) is 4.31. The topological polar surface area (TPSA) is 35.5 Å². The predicted octanol–water partition coefficient (Wildman–Crippen LogP) is 3.28. The first-order valence-corrected chi connectivity index (χ1v) is 7.08. The predicted molar refractivity (Wildman–Crippen MR) is 76.7 cm³/mol. The van der Waals surface area contributed by atoms with E-state index >= 15 is 0 Å². The van der Waals surface area contributed by atoms with Gasteiger partial charge in [0.15, 0.2) is 11.6 Å². The third-order valence-corrected chi connectivity index (χ3v) is 5.27. The van der Waals surface area contributed by atoms with Gasteiger partial charge < -0.3 is 9.47 Å². The Bertz CT molecular complexity index is 578. The van der Waals surface area contributed by atoms with Crippen molar-refractivity contribution in [2.45, 2.75) is 11.7 Å². The first-order chi connectivity index (χ1) is 9.58. The first kappa shape index (κ1) is 14.1. The number of ether oxygens (including phenoxy) is 2. The van der Waals surface area contributed by atoms with Crippen LogP contribution >= 0.6 is 23.2 Å². The number of Topliss-reactive ketones (excluding diaryl/α,β-unsaturated/α-hetero) is 1. The zero-order valence-electron chi connectivity index (χ0n) is 11.1. The average molecular weight is 313 g/mol. The molecule has 1 aromatic carbocycles. The van der Waals surface area contributed by atoms with Crippen LogP contribution in [0, 0.1) is 11.8 Å². The van der Waals surface area contributed by atoms with E-state index < -0.39 is 17.6 Å². The van der Waals surface area contributed by atoms with E-state index in [0.717, 1.165) is 5.56 Å². The minimum atomic E-state index is -1.09. The fourth-order valence-electron chi connectivity index (χ4n) is 3.45. The summed E-state index contributed by atoms with van der Waals surface area (Å²) in [6.07, 6.45) is 0. The van der Waals surface area contributed by atoms with Crippen LogP contribution in [0.25, 0.3) is 0 Å². The lowest BCUT2D eigenvalue weighted by molar-refractivity contribution is -0.230. The molecular formula is C15H14Cl2O3. The maximum Gasteiger partial charge on any atom is 0.191 e. The molecule has 0 saturated heterocycles. The van der Waals surface area contributed by atoms with Gasteiger partial charge in [-0.1, -0.05) is 53.5 Å². The molecule has 0 unspecified atom stereocenters.